The van der Waals surface area contributed by atoms with Crippen molar-refractivity contribution in [2.45, 2.75) is 31.6 Å². The number of rotatable bonds is 1. The minimum atomic E-state index is 0.446. The first-order valence-corrected chi connectivity index (χ1v) is 7.46. The number of halogens is 2. The van der Waals surface area contributed by atoms with Crippen molar-refractivity contribution < 1.29 is 0 Å². The van der Waals surface area contributed by atoms with Gasteiger partial charge in [0.25, 0.3) is 0 Å². The summed E-state index contributed by atoms with van der Waals surface area (Å²) in [4.78, 5) is 0. The smallest absolute Gasteiger partial charge is 0.0595 e. The third kappa shape index (κ3) is 2.40. The Labute approximate surface area is 124 Å². The van der Waals surface area contributed by atoms with Crippen molar-refractivity contribution in [1.29, 1.82) is 0 Å². The molecule has 0 saturated carbocycles. The van der Waals surface area contributed by atoms with Crippen LogP contribution >= 0.6 is 23.2 Å². The Morgan fingerprint density at radius 1 is 0.895 bits per heavy atom. The summed E-state index contributed by atoms with van der Waals surface area (Å²) in [5.41, 5.74) is 4.19. The summed E-state index contributed by atoms with van der Waals surface area (Å²) < 4.78 is 0. The van der Waals surface area contributed by atoms with Crippen LogP contribution in [0.15, 0.2) is 42.5 Å². The highest BCUT2D eigenvalue weighted by Gasteiger charge is 2.25. The molecule has 0 nitrogen and oxygen atoms in total. The van der Waals surface area contributed by atoms with E-state index in [1.165, 1.54) is 29.5 Å². The highest BCUT2D eigenvalue weighted by Crippen LogP contribution is 2.42. The normalized spacial score (nSPS) is 22.1. The maximum Gasteiger partial charge on any atom is 0.0595 e. The van der Waals surface area contributed by atoms with E-state index in [1.807, 2.05) is 12.1 Å². The predicted octanol–water partition coefficient (Wildman–Crippen LogP) is 6.02. The van der Waals surface area contributed by atoms with Gasteiger partial charge in [-0.1, -0.05) is 60.5 Å². The summed E-state index contributed by atoms with van der Waals surface area (Å²) in [6.45, 7) is 2.31. The Kier molecular flexibility index (Phi) is 3.56. The van der Waals surface area contributed by atoms with Gasteiger partial charge in [0.05, 0.1) is 10.0 Å². The fourth-order valence-corrected chi connectivity index (χ4v) is 3.39. The second kappa shape index (κ2) is 5.19. The lowest BCUT2D eigenvalue weighted by Crippen LogP contribution is -2.13. The minimum absolute atomic E-state index is 0.446. The predicted molar refractivity (Wildman–Crippen MR) is 82.4 cm³/mol. The average molecular weight is 291 g/mol. The molecule has 3 rings (SSSR count). The summed E-state index contributed by atoms with van der Waals surface area (Å²) in [6.07, 6.45) is 2.40. The third-order valence-electron chi connectivity index (χ3n) is 4.14. The molecule has 0 heterocycles. The summed E-state index contributed by atoms with van der Waals surface area (Å²) in [7, 11) is 0. The van der Waals surface area contributed by atoms with Gasteiger partial charge in [0, 0.05) is 5.92 Å². The number of benzene rings is 2. The molecule has 0 aromatic heterocycles. The number of hydrogen-bond donors (Lipinski definition) is 0. The lowest BCUT2D eigenvalue weighted by Gasteiger charge is -2.30. The third-order valence-corrected chi connectivity index (χ3v) is 4.88. The van der Waals surface area contributed by atoms with E-state index in [4.69, 9.17) is 23.2 Å². The van der Waals surface area contributed by atoms with E-state index in [-0.39, 0.29) is 0 Å². The van der Waals surface area contributed by atoms with Crippen LogP contribution in [0.5, 0.6) is 0 Å². The van der Waals surface area contributed by atoms with Gasteiger partial charge in [-0.25, -0.2) is 0 Å². The molecule has 98 valence electrons. The monoisotopic (exact) mass is 290 g/mol. The van der Waals surface area contributed by atoms with E-state index in [1.54, 1.807) is 0 Å². The second-order valence-corrected chi connectivity index (χ2v) is 6.15. The fourth-order valence-electron chi connectivity index (χ4n) is 3.08. The zero-order valence-corrected chi connectivity index (χ0v) is 12.4. The van der Waals surface area contributed by atoms with Gasteiger partial charge in [0.1, 0.15) is 0 Å². The Hall–Kier alpha value is -0.980. The van der Waals surface area contributed by atoms with Crippen LogP contribution < -0.4 is 0 Å². The molecule has 0 N–H and O–H groups in total. The molecular weight excluding hydrogens is 275 g/mol. The maximum atomic E-state index is 6.16. The molecule has 19 heavy (non-hydrogen) atoms. The van der Waals surface area contributed by atoms with Crippen LogP contribution in [-0.2, 0) is 0 Å². The molecule has 0 unspecified atom stereocenters. The molecule has 0 bridgehead atoms. The van der Waals surface area contributed by atoms with Crippen LogP contribution in [0.4, 0.5) is 0 Å². The summed E-state index contributed by atoms with van der Waals surface area (Å²) in [5.74, 6) is 1.09. The Balaban J connectivity index is 2.07. The van der Waals surface area contributed by atoms with Gasteiger partial charge in [-0.15, -0.1) is 0 Å². The Morgan fingerprint density at radius 3 is 2.37 bits per heavy atom. The minimum Gasteiger partial charge on any atom is -0.0827 e. The lowest BCUT2D eigenvalue weighted by atomic mass is 9.75. The highest BCUT2D eigenvalue weighted by atomic mass is 35.5. The summed E-state index contributed by atoms with van der Waals surface area (Å²) >= 11 is 12.2. The van der Waals surface area contributed by atoms with Crippen molar-refractivity contribution in [1.82, 2.24) is 0 Å². The van der Waals surface area contributed by atoms with Gasteiger partial charge < -0.3 is 0 Å². The molecule has 0 spiro atoms. The molecule has 0 amide bonds. The molecule has 0 aliphatic heterocycles. The van der Waals surface area contributed by atoms with Crippen molar-refractivity contribution in [3.05, 3.63) is 69.2 Å². The van der Waals surface area contributed by atoms with Crippen molar-refractivity contribution >= 4 is 23.2 Å². The van der Waals surface area contributed by atoms with E-state index in [9.17, 15) is 0 Å². The van der Waals surface area contributed by atoms with Gasteiger partial charge in [-0.05, 0) is 47.6 Å². The van der Waals surface area contributed by atoms with Crippen molar-refractivity contribution in [2.24, 2.45) is 0 Å². The van der Waals surface area contributed by atoms with Gasteiger partial charge in [-0.2, -0.15) is 0 Å². The van der Waals surface area contributed by atoms with E-state index < -0.39 is 0 Å². The second-order valence-electron chi connectivity index (χ2n) is 5.33. The number of hydrogen-bond acceptors (Lipinski definition) is 0. The van der Waals surface area contributed by atoms with Gasteiger partial charge in [0.15, 0.2) is 0 Å². The van der Waals surface area contributed by atoms with E-state index in [0.29, 0.717) is 21.9 Å². The first-order chi connectivity index (χ1) is 9.16. The van der Waals surface area contributed by atoms with Crippen molar-refractivity contribution in [3.8, 4) is 0 Å². The lowest BCUT2D eigenvalue weighted by molar-refractivity contribution is 0.545. The van der Waals surface area contributed by atoms with Crippen LogP contribution in [0, 0.1) is 0 Å². The molecule has 1 aliphatic rings. The average Bonchev–Trinajstić information content (AvgIpc) is 2.43. The molecule has 0 fully saturated rings. The van der Waals surface area contributed by atoms with Gasteiger partial charge in [0.2, 0.25) is 0 Å². The van der Waals surface area contributed by atoms with Crippen LogP contribution in [-0.4, -0.2) is 0 Å². The molecule has 2 aromatic carbocycles. The Morgan fingerprint density at radius 2 is 1.63 bits per heavy atom. The molecule has 0 saturated heterocycles. The standard InChI is InChI=1S/C17H16Cl2/c1-11-6-8-14(15-5-3-2-4-13(11)15)12-7-9-16(18)17(19)10-12/h2-5,7,9-11,14H,6,8H2,1H3/t11-,14+/m0/s1. The topological polar surface area (TPSA) is 0 Å². The zero-order chi connectivity index (χ0) is 13.4. The van der Waals surface area contributed by atoms with Gasteiger partial charge >= 0.3 is 0 Å². The van der Waals surface area contributed by atoms with Crippen LogP contribution in [0.25, 0.3) is 0 Å². The molecule has 2 heteroatoms. The van der Waals surface area contributed by atoms with Crippen molar-refractivity contribution in [2.75, 3.05) is 0 Å². The van der Waals surface area contributed by atoms with Crippen LogP contribution in [0.3, 0.4) is 0 Å². The largest absolute Gasteiger partial charge is 0.0827 e. The first-order valence-electron chi connectivity index (χ1n) is 6.70. The Bertz CT molecular complexity index is 604. The molecule has 0 radical (unpaired) electrons. The maximum absolute atomic E-state index is 6.16. The van der Waals surface area contributed by atoms with E-state index in [2.05, 4.69) is 37.3 Å². The quantitative estimate of drug-likeness (QED) is 0.602. The number of fused-ring (bicyclic) bond motifs is 1. The molecule has 2 aromatic rings. The van der Waals surface area contributed by atoms with Crippen LogP contribution in [0.1, 0.15) is 48.3 Å². The SMILES string of the molecule is C[C@H]1CC[C@H](c2ccc(Cl)c(Cl)c2)c2ccccc21. The fraction of sp³-hybridized carbons (Fsp3) is 0.294. The highest BCUT2D eigenvalue weighted by molar-refractivity contribution is 6.42. The molecule has 2 atom stereocenters. The first kappa shape index (κ1) is 13.0. The van der Waals surface area contributed by atoms with Crippen molar-refractivity contribution in [3.63, 3.8) is 0 Å². The van der Waals surface area contributed by atoms with Gasteiger partial charge in [-0.3, -0.25) is 0 Å². The summed E-state index contributed by atoms with van der Waals surface area (Å²) in [6, 6.07) is 14.8. The van der Waals surface area contributed by atoms with E-state index in [0.717, 1.165) is 0 Å². The summed E-state index contributed by atoms with van der Waals surface area (Å²) in [5, 5.41) is 1.28. The molecule has 1 aliphatic carbocycles. The van der Waals surface area contributed by atoms with Crippen LogP contribution in [0.2, 0.25) is 10.0 Å². The zero-order valence-electron chi connectivity index (χ0n) is 10.9. The van der Waals surface area contributed by atoms with E-state index >= 15 is 0 Å². The molecular formula is C17H16Cl2.